The van der Waals surface area contributed by atoms with Crippen LogP contribution in [0.1, 0.15) is 19.3 Å². The third-order valence-electron chi connectivity index (χ3n) is 3.48. The molecule has 3 aliphatic carbocycles. The van der Waals surface area contributed by atoms with E-state index >= 15 is 0 Å². The van der Waals surface area contributed by atoms with E-state index in [0.29, 0.717) is 11.1 Å². The Morgan fingerprint density at radius 2 is 1.64 bits per heavy atom. The fraction of sp³-hybridized carbons (Fsp3) is 1.00. The van der Waals surface area contributed by atoms with E-state index in [1.807, 2.05) is 0 Å². The van der Waals surface area contributed by atoms with Gasteiger partial charge >= 0.3 is 0 Å². The molecule has 0 aromatic rings. The zero-order valence-corrected chi connectivity index (χ0v) is 8.29. The van der Waals surface area contributed by atoms with Gasteiger partial charge < -0.3 is 10.2 Å². The maximum absolute atomic E-state index is 3.40. The number of hydrogen-bond donors (Lipinski definition) is 1. The van der Waals surface area contributed by atoms with Crippen molar-refractivity contribution in [1.29, 1.82) is 0 Å². The molecule has 11 heavy (non-hydrogen) atoms. The average Bonchev–Trinajstić information content (AvgIpc) is 1.57. The molecule has 0 aliphatic heterocycles. The van der Waals surface area contributed by atoms with Gasteiger partial charge in [-0.3, -0.25) is 0 Å². The van der Waals surface area contributed by atoms with Gasteiger partial charge in [0.15, 0.2) is 0 Å². The lowest BCUT2D eigenvalue weighted by atomic mass is 9.43. The van der Waals surface area contributed by atoms with Crippen molar-refractivity contribution in [1.82, 2.24) is 10.2 Å². The molecule has 3 rings (SSSR count). The Bertz CT molecular complexity index is 148. The van der Waals surface area contributed by atoms with Crippen molar-refractivity contribution < 1.29 is 0 Å². The minimum Gasteiger partial charge on any atom is -0.314 e. The number of halogens is 1. The molecule has 3 heteroatoms. The van der Waals surface area contributed by atoms with E-state index in [1.165, 1.54) is 19.3 Å². The van der Waals surface area contributed by atoms with Crippen LogP contribution in [0.25, 0.3) is 0 Å². The Morgan fingerprint density at radius 3 is 1.91 bits per heavy atom. The van der Waals surface area contributed by atoms with Gasteiger partial charge in [0, 0.05) is 11.1 Å². The zero-order valence-electron chi connectivity index (χ0n) is 7.48. The van der Waals surface area contributed by atoms with Crippen LogP contribution in [-0.4, -0.2) is 37.1 Å². The lowest BCUT2D eigenvalue weighted by molar-refractivity contribution is -0.159. The Morgan fingerprint density at radius 1 is 1.18 bits per heavy atom. The number of rotatable bonds is 2. The van der Waals surface area contributed by atoms with Gasteiger partial charge in [-0.15, -0.1) is 12.4 Å². The maximum atomic E-state index is 3.40. The molecule has 0 heterocycles. The summed E-state index contributed by atoms with van der Waals surface area (Å²) in [5.41, 5.74) is 1.16. The molecule has 1 N–H and O–H groups in total. The molecule has 3 fully saturated rings. The predicted octanol–water partition coefficient (Wildman–Crippen LogP) is 0.864. The molecule has 0 aromatic heterocycles. The molecular formula is C8H17ClN2. The molecule has 0 atom stereocenters. The van der Waals surface area contributed by atoms with Crippen molar-refractivity contribution in [3.05, 3.63) is 0 Å². The van der Waals surface area contributed by atoms with Crippen molar-refractivity contribution in [2.24, 2.45) is 0 Å². The van der Waals surface area contributed by atoms with Crippen LogP contribution in [0, 0.1) is 0 Å². The SMILES string of the molecule is CNC12CC(N(C)C)(C1)C2.Cl. The minimum atomic E-state index is 0. The third kappa shape index (κ3) is 0.930. The lowest BCUT2D eigenvalue weighted by Gasteiger charge is -2.73. The standard InChI is InChI=1S/C8H16N2.ClH/c1-9-7-4-8(5-7,6-7)10(2)3;/h9H,4-6H2,1-3H3;1H. The summed E-state index contributed by atoms with van der Waals surface area (Å²) in [5, 5.41) is 3.40. The van der Waals surface area contributed by atoms with Crippen molar-refractivity contribution in [3.8, 4) is 0 Å². The smallest absolute Gasteiger partial charge is 0.0256 e. The van der Waals surface area contributed by atoms with E-state index in [9.17, 15) is 0 Å². The highest BCUT2D eigenvalue weighted by atomic mass is 35.5. The van der Waals surface area contributed by atoms with Gasteiger partial charge in [-0.2, -0.15) is 0 Å². The van der Waals surface area contributed by atoms with E-state index < -0.39 is 0 Å². The van der Waals surface area contributed by atoms with Gasteiger partial charge in [-0.25, -0.2) is 0 Å². The second-order valence-electron chi connectivity index (χ2n) is 4.18. The van der Waals surface area contributed by atoms with E-state index in [2.05, 4.69) is 31.4 Å². The fourth-order valence-corrected chi connectivity index (χ4v) is 2.47. The monoisotopic (exact) mass is 176 g/mol. The van der Waals surface area contributed by atoms with Gasteiger partial charge in [-0.1, -0.05) is 0 Å². The van der Waals surface area contributed by atoms with Crippen molar-refractivity contribution in [2.45, 2.75) is 30.3 Å². The normalized spacial score (nSPS) is 45.8. The van der Waals surface area contributed by atoms with E-state index in [0.717, 1.165) is 0 Å². The van der Waals surface area contributed by atoms with E-state index in [1.54, 1.807) is 0 Å². The Labute approximate surface area is 74.7 Å². The molecular weight excluding hydrogens is 160 g/mol. The maximum Gasteiger partial charge on any atom is 0.0256 e. The minimum absolute atomic E-state index is 0. The van der Waals surface area contributed by atoms with E-state index in [4.69, 9.17) is 0 Å². The number of nitrogens with one attached hydrogen (secondary N) is 1. The van der Waals surface area contributed by atoms with Crippen LogP contribution in [-0.2, 0) is 0 Å². The van der Waals surface area contributed by atoms with Crippen LogP contribution in [0.15, 0.2) is 0 Å². The second-order valence-corrected chi connectivity index (χ2v) is 4.18. The fourth-order valence-electron chi connectivity index (χ4n) is 2.47. The first-order chi connectivity index (χ1) is 4.63. The van der Waals surface area contributed by atoms with Crippen LogP contribution in [0.3, 0.4) is 0 Å². The first-order valence-electron chi connectivity index (χ1n) is 3.99. The molecule has 3 saturated carbocycles. The first kappa shape index (κ1) is 9.30. The lowest BCUT2D eigenvalue weighted by Crippen LogP contribution is -2.81. The Kier molecular flexibility index (Phi) is 1.98. The van der Waals surface area contributed by atoms with Gasteiger partial charge in [0.25, 0.3) is 0 Å². The molecule has 0 spiro atoms. The summed E-state index contributed by atoms with van der Waals surface area (Å²) >= 11 is 0. The average molecular weight is 177 g/mol. The molecule has 0 aromatic carbocycles. The van der Waals surface area contributed by atoms with Gasteiger partial charge in [0.2, 0.25) is 0 Å². The number of nitrogens with zero attached hydrogens (tertiary/aromatic N) is 1. The van der Waals surface area contributed by atoms with Crippen LogP contribution >= 0.6 is 12.4 Å². The van der Waals surface area contributed by atoms with Gasteiger partial charge in [0.1, 0.15) is 0 Å². The van der Waals surface area contributed by atoms with Crippen molar-refractivity contribution >= 4 is 12.4 Å². The molecule has 0 saturated heterocycles. The largest absolute Gasteiger partial charge is 0.314 e. The van der Waals surface area contributed by atoms with Gasteiger partial charge in [-0.05, 0) is 40.4 Å². The second kappa shape index (κ2) is 2.35. The molecule has 0 unspecified atom stereocenters. The summed E-state index contributed by atoms with van der Waals surface area (Å²) < 4.78 is 0. The molecule has 0 amide bonds. The molecule has 0 radical (unpaired) electrons. The van der Waals surface area contributed by atoms with Crippen LogP contribution in [0.5, 0.6) is 0 Å². The van der Waals surface area contributed by atoms with Crippen molar-refractivity contribution in [2.75, 3.05) is 21.1 Å². The van der Waals surface area contributed by atoms with Crippen LogP contribution in [0.2, 0.25) is 0 Å². The summed E-state index contributed by atoms with van der Waals surface area (Å²) in [7, 11) is 6.47. The van der Waals surface area contributed by atoms with Crippen molar-refractivity contribution in [3.63, 3.8) is 0 Å². The Hall–Kier alpha value is 0.210. The zero-order chi connectivity index (χ0) is 7.41. The molecule has 66 valence electrons. The quantitative estimate of drug-likeness (QED) is 0.672. The Balaban J connectivity index is 0.000000605. The van der Waals surface area contributed by atoms with Crippen LogP contribution in [0.4, 0.5) is 0 Å². The first-order valence-corrected chi connectivity index (χ1v) is 3.99. The highest BCUT2D eigenvalue weighted by molar-refractivity contribution is 5.85. The summed E-state index contributed by atoms with van der Waals surface area (Å²) in [6.45, 7) is 0. The third-order valence-corrected chi connectivity index (χ3v) is 3.48. The molecule has 2 bridgehead atoms. The summed E-state index contributed by atoms with van der Waals surface area (Å²) in [6, 6.07) is 0. The van der Waals surface area contributed by atoms with Crippen LogP contribution < -0.4 is 5.32 Å². The summed E-state index contributed by atoms with van der Waals surface area (Å²) in [6.07, 6.45) is 4.09. The highest BCUT2D eigenvalue weighted by Crippen LogP contribution is 2.62. The van der Waals surface area contributed by atoms with Gasteiger partial charge in [0.05, 0.1) is 0 Å². The topological polar surface area (TPSA) is 15.3 Å². The number of hydrogen-bond acceptors (Lipinski definition) is 2. The highest BCUT2D eigenvalue weighted by Gasteiger charge is 2.68. The summed E-state index contributed by atoms with van der Waals surface area (Å²) in [5.74, 6) is 0. The molecule has 3 aliphatic rings. The van der Waals surface area contributed by atoms with E-state index in [-0.39, 0.29) is 12.4 Å². The summed E-state index contributed by atoms with van der Waals surface area (Å²) in [4.78, 5) is 2.38. The molecule has 2 nitrogen and oxygen atoms in total. The predicted molar refractivity (Wildman–Crippen MR) is 49.3 cm³/mol.